The molecule has 4 aromatic rings. The van der Waals surface area contributed by atoms with Crippen LogP contribution in [0.5, 0.6) is 0 Å². The molecule has 0 fully saturated rings. The fraction of sp³-hybridized carbons (Fsp3) is 0.130. The van der Waals surface area contributed by atoms with E-state index in [9.17, 15) is 8.78 Å². The van der Waals surface area contributed by atoms with Crippen molar-refractivity contribution in [3.8, 4) is 5.69 Å². The van der Waals surface area contributed by atoms with E-state index in [2.05, 4.69) is 10.2 Å². The molecule has 146 valence electrons. The monoisotopic (exact) mass is 407 g/mol. The third-order valence-corrected chi connectivity index (χ3v) is 5.54. The van der Waals surface area contributed by atoms with Crippen molar-refractivity contribution in [3.05, 3.63) is 107 Å². The second-order valence-electron chi connectivity index (χ2n) is 6.76. The highest BCUT2D eigenvalue weighted by Gasteiger charge is 2.16. The van der Waals surface area contributed by atoms with Gasteiger partial charge < -0.3 is 0 Å². The molecule has 0 amide bonds. The average molecular weight is 407 g/mol. The van der Waals surface area contributed by atoms with E-state index in [1.165, 1.54) is 17.8 Å². The minimum absolute atomic E-state index is 0.263. The molecule has 4 rings (SSSR count). The van der Waals surface area contributed by atoms with Gasteiger partial charge in [-0.2, -0.15) is 0 Å². The molecule has 0 radical (unpaired) electrons. The molecule has 6 heteroatoms. The van der Waals surface area contributed by atoms with Crippen LogP contribution >= 0.6 is 11.8 Å². The van der Waals surface area contributed by atoms with Crippen molar-refractivity contribution in [1.29, 1.82) is 0 Å². The summed E-state index contributed by atoms with van der Waals surface area (Å²) < 4.78 is 29.5. The van der Waals surface area contributed by atoms with E-state index in [1.54, 1.807) is 0 Å². The molecule has 29 heavy (non-hydrogen) atoms. The fourth-order valence-electron chi connectivity index (χ4n) is 3.04. The smallest absolute Gasteiger partial charge is 0.196 e. The lowest BCUT2D eigenvalue weighted by Crippen LogP contribution is -2.04. The predicted molar refractivity (Wildman–Crippen MR) is 111 cm³/mol. The molecule has 0 bridgehead atoms. The summed E-state index contributed by atoms with van der Waals surface area (Å²) in [5.41, 5.74) is 3.52. The number of nitrogens with zero attached hydrogens (tertiary/aromatic N) is 3. The van der Waals surface area contributed by atoms with Gasteiger partial charge in [-0.05, 0) is 42.8 Å². The summed E-state index contributed by atoms with van der Waals surface area (Å²) in [5.74, 6) is 0.178. The number of halogens is 2. The molecule has 1 aromatic heterocycles. The van der Waals surface area contributed by atoms with E-state index in [1.807, 2.05) is 66.1 Å². The van der Waals surface area contributed by atoms with Crippen molar-refractivity contribution in [2.24, 2.45) is 0 Å². The quantitative estimate of drug-likeness (QED) is 0.382. The van der Waals surface area contributed by atoms with Gasteiger partial charge in [0, 0.05) is 23.4 Å². The summed E-state index contributed by atoms with van der Waals surface area (Å²) in [6.45, 7) is 2.03. The Hall–Kier alpha value is -2.99. The Morgan fingerprint density at radius 1 is 0.897 bits per heavy atom. The summed E-state index contributed by atoms with van der Waals surface area (Å²) in [5, 5.41) is 9.37. The maximum absolute atomic E-state index is 14.0. The second-order valence-corrected chi connectivity index (χ2v) is 7.70. The Morgan fingerprint density at radius 3 is 2.41 bits per heavy atom. The zero-order valence-electron chi connectivity index (χ0n) is 15.8. The van der Waals surface area contributed by atoms with Crippen molar-refractivity contribution in [2.45, 2.75) is 24.3 Å². The predicted octanol–water partition coefficient (Wildman–Crippen LogP) is 5.74. The Bertz CT molecular complexity index is 1110. The van der Waals surface area contributed by atoms with E-state index < -0.39 is 11.6 Å². The molecular formula is C23H19F2N3S. The van der Waals surface area contributed by atoms with Gasteiger partial charge in [0.05, 0.1) is 0 Å². The van der Waals surface area contributed by atoms with E-state index in [0.29, 0.717) is 17.1 Å². The minimum atomic E-state index is -0.452. The molecular weight excluding hydrogens is 388 g/mol. The molecule has 0 aliphatic rings. The maximum atomic E-state index is 14.0. The van der Waals surface area contributed by atoms with Crippen molar-refractivity contribution < 1.29 is 8.78 Å². The molecule has 0 aliphatic carbocycles. The van der Waals surface area contributed by atoms with Crippen molar-refractivity contribution in [3.63, 3.8) is 0 Å². The van der Waals surface area contributed by atoms with Gasteiger partial charge in [0.15, 0.2) is 5.16 Å². The van der Waals surface area contributed by atoms with Gasteiger partial charge in [-0.15, -0.1) is 10.2 Å². The first-order chi connectivity index (χ1) is 14.1. The van der Waals surface area contributed by atoms with Crippen LogP contribution in [0.4, 0.5) is 8.78 Å². The first kappa shape index (κ1) is 19.3. The zero-order chi connectivity index (χ0) is 20.2. The van der Waals surface area contributed by atoms with Crippen LogP contribution in [0.2, 0.25) is 0 Å². The standard InChI is InChI=1S/C23H19F2N3S/c1-16-7-10-20(11-8-16)28-22(13-17-5-3-2-4-6-17)26-27-23(28)29-15-18-14-19(24)9-12-21(18)25/h2-12,14H,13,15H2,1H3. The molecule has 0 atom stereocenters. The third-order valence-electron chi connectivity index (χ3n) is 4.56. The molecule has 1 heterocycles. The third kappa shape index (κ3) is 4.54. The largest absolute Gasteiger partial charge is 0.274 e. The minimum Gasteiger partial charge on any atom is -0.274 e. The van der Waals surface area contributed by atoms with Crippen LogP contribution in [0.25, 0.3) is 5.69 Å². The van der Waals surface area contributed by atoms with Crippen LogP contribution in [0.1, 0.15) is 22.5 Å². The molecule has 0 aliphatic heterocycles. The van der Waals surface area contributed by atoms with Gasteiger partial charge in [-0.1, -0.05) is 59.8 Å². The second kappa shape index (κ2) is 8.57. The Labute approximate surface area is 172 Å². The number of hydrogen-bond acceptors (Lipinski definition) is 3. The molecule has 0 spiro atoms. The first-order valence-electron chi connectivity index (χ1n) is 9.22. The summed E-state index contributed by atoms with van der Waals surface area (Å²) in [6, 6.07) is 21.6. The van der Waals surface area contributed by atoms with Gasteiger partial charge in [0.1, 0.15) is 17.5 Å². The Kier molecular flexibility index (Phi) is 5.71. The lowest BCUT2D eigenvalue weighted by atomic mass is 10.1. The summed E-state index contributed by atoms with van der Waals surface area (Å²) in [6.07, 6.45) is 0.622. The van der Waals surface area contributed by atoms with Crippen LogP contribution in [0.3, 0.4) is 0 Å². The van der Waals surface area contributed by atoms with Crippen molar-refractivity contribution in [2.75, 3.05) is 0 Å². The zero-order valence-corrected chi connectivity index (χ0v) is 16.7. The Morgan fingerprint density at radius 2 is 1.66 bits per heavy atom. The number of hydrogen-bond donors (Lipinski definition) is 0. The number of rotatable bonds is 6. The van der Waals surface area contributed by atoms with Gasteiger partial charge >= 0.3 is 0 Å². The number of thioether (sulfide) groups is 1. The van der Waals surface area contributed by atoms with Crippen molar-refractivity contribution in [1.82, 2.24) is 14.8 Å². The van der Waals surface area contributed by atoms with Crippen molar-refractivity contribution >= 4 is 11.8 Å². The van der Waals surface area contributed by atoms with E-state index in [0.717, 1.165) is 34.8 Å². The molecule has 3 aromatic carbocycles. The topological polar surface area (TPSA) is 30.7 Å². The van der Waals surface area contributed by atoms with Gasteiger partial charge in [0.2, 0.25) is 0 Å². The van der Waals surface area contributed by atoms with E-state index in [4.69, 9.17) is 0 Å². The molecule has 0 saturated carbocycles. The number of aromatic nitrogens is 3. The normalized spacial score (nSPS) is 11.0. The highest BCUT2D eigenvalue weighted by molar-refractivity contribution is 7.98. The van der Waals surface area contributed by atoms with Gasteiger partial charge in [-0.25, -0.2) is 8.78 Å². The number of aryl methyl sites for hydroxylation is 1. The summed E-state index contributed by atoms with van der Waals surface area (Å²) in [4.78, 5) is 0. The van der Waals surface area contributed by atoms with E-state index in [-0.39, 0.29) is 5.75 Å². The van der Waals surface area contributed by atoms with Gasteiger partial charge in [-0.3, -0.25) is 4.57 Å². The molecule has 0 unspecified atom stereocenters. The van der Waals surface area contributed by atoms with E-state index >= 15 is 0 Å². The van der Waals surface area contributed by atoms with Crippen LogP contribution in [0.15, 0.2) is 78.0 Å². The number of benzene rings is 3. The fourth-order valence-corrected chi connectivity index (χ4v) is 3.98. The van der Waals surface area contributed by atoms with Crippen LogP contribution in [-0.2, 0) is 12.2 Å². The summed E-state index contributed by atoms with van der Waals surface area (Å²) >= 11 is 1.34. The highest BCUT2D eigenvalue weighted by Crippen LogP contribution is 2.27. The van der Waals surface area contributed by atoms with Crippen LogP contribution in [0, 0.1) is 18.6 Å². The highest BCUT2D eigenvalue weighted by atomic mass is 32.2. The molecule has 3 nitrogen and oxygen atoms in total. The lowest BCUT2D eigenvalue weighted by Gasteiger charge is -2.11. The van der Waals surface area contributed by atoms with Crippen LogP contribution in [-0.4, -0.2) is 14.8 Å². The van der Waals surface area contributed by atoms with Gasteiger partial charge in [0.25, 0.3) is 0 Å². The lowest BCUT2D eigenvalue weighted by molar-refractivity contribution is 0.591. The maximum Gasteiger partial charge on any atom is 0.196 e. The summed E-state index contributed by atoms with van der Waals surface area (Å²) in [7, 11) is 0. The first-order valence-corrected chi connectivity index (χ1v) is 10.2. The molecule has 0 N–H and O–H groups in total. The average Bonchev–Trinajstić information content (AvgIpc) is 3.12. The molecule has 0 saturated heterocycles. The van der Waals surface area contributed by atoms with Crippen LogP contribution < -0.4 is 0 Å². The SMILES string of the molecule is Cc1ccc(-n2c(Cc3ccccc3)nnc2SCc2cc(F)ccc2F)cc1. The Balaban J connectivity index is 1.67.